The maximum atomic E-state index is 11.7. The molecule has 1 aliphatic heterocycles. The van der Waals surface area contributed by atoms with Crippen molar-refractivity contribution in [2.45, 2.75) is 25.8 Å². The Morgan fingerprint density at radius 2 is 1.88 bits per heavy atom. The fraction of sp³-hybridized carbons (Fsp3) is 0.353. The van der Waals surface area contributed by atoms with Gasteiger partial charge in [0, 0.05) is 44.7 Å². The van der Waals surface area contributed by atoms with Gasteiger partial charge in [-0.2, -0.15) is 5.11 Å². The summed E-state index contributed by atoms with van der Waals surface area (Å²) in [6, 6.07) is 7.66. The van der Waals surface area contributed by atoms with Crippen molar-refractivity contribution in [1.29, 1.82) is 0 Å². The van der Waals surface area contributed by atoms with E-state index in [1.54, 1.807) is 13.2 Å². The summed E-state index contributed by atoms with van der Waals surface area (Å²) in [5, 5.41) is 13.3. The maximum absolute atomic E-state index is 11.7. The van der Waals surface area contributed by atoms with Gasteiger partial charge in [-0.25, -0.2) is 0 Å². The fourth-order valence-electron chi connectivity index (χ4n) is 2.05. The van der Waals surface area contributed by atoms with E-state index in [9.17, 15) is 9.59 Å². The molecule has 1 heterocycles. The van der Waals surface area contributed by atoms with Gasteiger partial charge in [-0.1, -0.05) is 30.3 Å². The fourth-order valence-corrected chi connectivity index (χ4v) is 2.05. The van der Waals surface area contributed by atoms with Crippen LogP contribution in [0, 0.1) is 0 Å². The first-order valence-electron chi connectivity index (χ1n) is 7.86. The highest BCUT2D eigenvalue weighted by Gasteiger charge is 2.06. The first-order valence-corrected chi connectivity index (χ1v) is 7.86. The lowest BCUT2D eigenvalue weighted by Gasteiger charge is -2.07. The molecule has 7 nitrogen and oxygen atoms in total. The van der Waals surface area contributed by atoms with Gasteiger partial charge < -0.3 is 10.6 Å². The predicted octanol–water partition coefficient (Wildman–Crippen LogP) is 1.95. The SMILES string of the molecule is CNC(=O)CCC(=O)NCc1ccc(C2=NCC/C=C\N=N2)cc1. The lowest BCUT2D eigenvalue weighted by Crippen LogP contribution is -2.25. The van der Waals surface area contributed by atoms with Crippen molar-refractivity contribution in [3.63, 3.8) is 0 Å². The lowest BCUT2D eigenvalue weighted by atomic mass is 10.1. The van der Waals surface area contributed by atoms with E-state index in [-0.39, 0.29) is 24.7 Å². The van der Waals surface area contributed by atoms with Gasteiger partial charge >= 0.3 is 0 Å². The molecule has 0 saturated heterocycles. The monoisotopic (exact) mass is 327 g/mol. The van der Waals surface area contributed by atoms with Gasteiger partial charge in [0.15, 0.2) is 5.84 Å². The van der Waals surface area contributed by atoms with Crippen LogP contribution in [0.1, 0.15) is 30.4 Å². The Hall–Kier alpha value is -2.83. The molecular formula is C17H21N5O2. The molecule has 0 spiro atoms. The van der Waals surface area contributed by atoms with Crippen molar-refractivity contribution in [2.75, 3.05) is 13.6 Å². The third-order valence-electron chi connectivity index (χ3n) is 3.44. The lowest BCUT2D eigenvalue weighted by molar-refractivity contribution is -0.126. The smallest absolute Gasteiger partial charge is 0.220 e. The van der Waals surface area contributed by atoms with Crippen LogP contribution >= 0.6 is 0 Å². The number of carbonyl (C=O) groups excluding carboxylic acids is 2. The highest BCUT2D eigenvalue weighted by molar-refractivity contribution is 5.99. The van der Waals surface area contributed by atoms with Crippen LogP contribution < -0.4 is 10.6 Å². The Morgan fingerprint density at radius 3 is 2.62 bits per heavy atom. The molecule has 0 radical (unpaired) electrons. The summed E-state index contributed by atoms with van der Waals surface area (Å²) in [6.07, 6.45) is 4.84. The Morgan fingerprint density at radius 1 is 1.12 bits per heavy atom. The first-order chi connectivity index (χ1) is 11.7. The van der Waals surface area contributed by atoms with Crippen molar-refractivity contribution in [3.05, 3.63) is 47.7 Å². The van der Waals surface area contributed by atoms with Crippen molar-refractivity contribution in [3.8, 4) is 0 Å². The van der Waals surface area contributed by atoms with Crippen LogP contribution in [0.5, 0.6) is 0 Å². The molecule has 1 aromatic carbocycles. The van der Waals surface area contributed by atoms with E-state index in [0.29, 0.717) is 18.9 Å². The molecule has 0 saturated carbocycles. The average Bonchev–Trinajstić information content (AvgIpc) is 2.58. The minimum absolute atomic E-state index is 0.140. The van der Waals surface area contributed by atoms with Gasteiger partial charge in [-0.3, -0.25) is 14.6 Å². The molecular weight excluding hydrogens is 306 g/mol. The molecule has 1 aliphatic rings. The molecule has 0 aliphatic carbocycles. The van der Waals surface area contributed by atoms with Crippen molar-refractivity contribution in [1.82, 2.24) is 10.6 Å². The minimum Gasteiger partial charge on any atom is -0.359 e. The molecule has 0 atom stereocenters. The van der Waals surface area contributed by atoms with E-state index in [1.165, 1.54) is 0 Å². The van der Waals surface area contributed by atoms with Crippen LogP contribution in [0.25, 0.3) is 0 Å². The van der Waals surface area contributed by atoms with Crippen LogP contribution in [-0.2, 0) is 16.1 Å². The quantitative estimate of drug-likeness (QED) is 0.835. The molecule has 2 amide bonds. The number of nitrogens with one attached hydrogen (secondary N) is 2. The summed E-state index contributed by atoms with van der Waals surface area (Å²) in [7, 11) is 1.55. The van der Waals surface area contributed by atoms with E-state index >= 15 is 0 Å². The molecule has 0 unspecified atom stereocenters. The second-order valence-electron chi connectivity index (χ2n) is 5.24. The average molecular weight is 327 g/mol. The molecule has 0 aromatic heterocycles. The van der Waals surface area contributed by atoms with Crippen LogP contribution in [0.4, 0.5) is 0 Å². The van der Waals surface area contributed by atoms with E-state index in [0.717, 1.165) is 17.5 Å². The number of aliphatic imine (C=N–C) groups is 1. The topological polar surface area (TPSA) is 95.3 Å². The first kappa shape index (κ1) is 17.5. The number of hydrogen-bond acceptors (Lipinski definition) is 5. The standard InChI is InChI=1S/C17H21N5O2/c1-18-15(23)8-9-16(24)20-12-13-4-6-14(7-5-13)17-19-10-2-3-11-21-22-17/h3-7,11H,2,8-10,12H2,1H3,(H,18,23)(H,20,24)/b11-3-,19-17?,22-21?. The van der Waals surface area contributed by atoms with Gasteiger partial charge in [0.25, 0.3) is 0 Å². The Bertz CT molecular complexity index is 662. The number of benzene rings is 1. The van der Waals surface area contributed by atoms with Gasteiger partial charge in [-0.15, -0.1) is 5.11 Å². The summed E-state index contributed by atoms with van der Waals surface area (Å²) < 4.78 is 0. The summed E-state index contributed by atoms with van der Waals surface area (Å²) in [5.41, 5.74) is 1.86. The third-order valence-corrected chi connectivity index (χ3v) is 3.44. The van der Waals surface area contributed by atoms with Crippen molar-refractivity contribution >= 4 is 17.6 Å². The molecule has 2 N–H and O–H groups in total. The van der Waals surface area contributed by atoms with E-state index in [2.05, 4.69) is 25.9 Å². The summed E-state index contributed by atoms with van der Waals surface area (Å²) in [6.45, 7) is 1.11. The number of carbonyl (C=O) groups is 2. The number of amidine groups is 1. The second kappa shape index (κ2) is 9.34. The normalized spacial score (nSPS) is 15.0. The summed E-state index contributed by atoms with van der Waals surface area (Å²) >= 11 is 0. The Kier molecular flexibility index (Phi) is 6.82. The predicted molar refractivity (Wildman–Crippen MR) is 91.6 cm³/mol. The van der Waals surface area contributed by atoms with Gasteiger partial charge in [0.2, 0.25) is 11.8 Å². The summed E-state index contributed by atoms with van der Waals surface area (Å²) in [4.78, 5) is 27.2. The van der Waals surface area contributed by atoms with Crippen LogP contribution in [0.3, 0.4) is 0 Å². The number of azo groups is 1. The van der Waals surface area contributed by atoms with Crippen LogP contribution in [0.2, 0.25) is 0 Å². The van der Waals surface area contributed by atoms with Crippen LogP contribution in [-0.4, -0.2) is 31.2 Å². The number of rotatable bonds is 6. The van der Waals surface area contributed by atoms with Crippen LogP contribution in [0.15, 0.2) is 51.8 Å². The van der Waals surface area contributed by atoms with E-state index in [4.69, 9.17) is 0 Å². The molecule has 7 heteroatoms. The number of nitrogens with zero attached hydrogens (tertiary/aromatic N) is 3. The number of hydrogen-bond donors (Lipinski definition) is 2. The minimum atomic E-state index is -0.146. The van der Waals surface area contributed by atoms with Gasteiger partial charge in [0.1, 0.15) is 0 Å². The zero-order chi connectivity index (χ0) is 17.2. The highest BCUT2D eigenvalue weighted by Crippen LogP contribution is 2.09. The zero-order valence-corrected chi connectivity index (χ0v) is 13.7. The molecule has 126 valence electrons. The maximum Gasteiger partial charge on any atom is 0.220 e. The van der Waals surface area contributed by atoms with Gasteiger partial charge in [0.05, 0.1) is 0 Å². The molecule has 0 bridgehead atoms. The molecule has 1 aromatic rings. The second-order valence-corrected chi connectivity index (χ2v) is 5.24. The zero-order valence-electron chi connectivity index (χ0n) is 13.7. The molecule has 24 heavy (non-hydrogen) atoms. The number of amides is 2. The molecule has 0 fully saturated rings. The summed E-state index contributed by atoms with van der Waals surface area (Å²) in [5.74, 6) is 0.326. The largest absolute Gasteiger partial charge is 0.359 e. The molecule has 2 rings (SSSR count). The van der Waals surface area contributed by atoms with E-state index in [1.807, 2.05) is 30.3 Å². The Labute approximate surface area is 141 Å². The third kappa shape index (κ3) is 5.75. The van der Waals surface area contributed by atoms with Gasteiger partial charge in [-0.05, 0) is 12.0 Å². The Balaban J connectivity index is 1.87. The van der Waals surface area contributed by atoms with E-state index < -0.39 is 0 Å². The van der Waals surface area contributed by atoms with Crippen molar-refractivity contribution < 1.29 is 9.59 Å². The van der Waals surface area contributed by atoms with Crippen molar-refractivity contribution in [2.24, 2.45) is 15.2 Å². The highest BCUT2D eigenvalue weighted by atomic mass is 16.2.